The van der Waals surface area contributed by atoms with Crippen LogP contribution in [0, 0.1) is 3.57 Å². The number of carbonyl (C=O) groups is 1. The minimum absolute atomic E-state index is 0.0405. The smallest absolute Gasteiger partial charge is 0.179 e. The third-order valence-electron chi connectivity index (χ3n) is 10.4. The highest BCUT2D eigenvalue weighted by Gasteiger charge is 2.13. The number of halogens is 2. The summed E-state index contributed by atoms with van der Waals surface area (Å²) in [5.41, 5.74) is 0.0405. The minimum atomic E-state index is -2.92. The summed E-state index contributed by atoms with van der Waals surface area (Å²) in [7, 11) is 6.25. The van der Waals surface area contributed by atoms with E-state index in [1.54, 1.807) is 12.1 Å². The first-order valence-electron chi connectivity index (χ1n) is 17.7. The van der Waals surface area contributed by atoms with Crippen LogP contribution in [0.4, 0.5) is 0 Å². The summed E-state index contributed by atoms with van der Waals surface area (Å²) in [4.78, 5) is 10.5. The molecule has 0 N–H and O–H groups in total. The average molecular weight is 866 g/mol. The third-order valence-corrected chi connectivity index (χ3v) is 11.6. The van der Waals surface area contributed by atoms with Crippen LogP contribution >= 0.6 is 38.8 Å². The summed E-state index contributed by atoms with van der Waals surface area (Å²) < 4.78 is 10.3. The van der Waals surface area contributed by atoms with Gasteiger partial charge in [-0.15, -0.1) is 0 Å². The van der Waals surface area contributed by atoms with Crippen molar-refractivity contribution in [3.8, 4) is 5.75 Å². The van der Waals surface area contributed by atoms with E-state index in [0.29, 0.717) is 3.57 Å². The van der Waals surface area contributed by atoms with E-state index in [0.717, 1.165) is 0 Å². The Morgan fingerprint density at radius 2 is 0.812 bits per heavy atom. The van der Waals surface area contributed by atoms with Crippen molar-refractivity contribution in [3.05, 3.63) is 27.3 Å². The Morgan fingerprint density at radius 3 is 0.917 bits per heavy atom. The quantitative estimate of drug-likeness (QED) is 0.161. The molecule has 0 aromatic heterocycles. The maximum Gasteiger partial charge on any atom is 0.179 e. The zero-order chi connectivity index (χ0) is 39.2. The summed E-state index contributed by atoms with van der Waals surface area (Å²) >= 11 is 4.70. The van der Waals surface area contributed by atoms with Crippen LogP contribution in [0.5, 0.6) is 5.75 Å². The highest BCUT2D eigenvalue weighted by atomic mass is 127. The number of quaternary nitrogens is 4. The van der Waals surface area contributed by atoms with E-state index in [2.05, 4.69) is 128 Å². The monoisotopic (exact) mass is 864 g/mol. The molecule has 0 saturated heterocycles. The molecule has 0 bridgehead atoms. The number of para-hydroxylation sites is 1. The first-order chi connectivity index (χ1) is 22.1. The van der Waals surface area contributed by atoms with Gasteiger partial charge in [0.2, 0.25) is 0 Å². The fourth-order valence-corrected chi connectivity index (χ4v) is 4.69. The van der Waals surface area contributed by atoms with Crippen molar-refractivity contribution in [2.45, 2.75) is 83.1 Å². The van der Waals surface area contributed by atoms with E-state index < -0.39 is 13.3 Å². The molecule has 0 fully saturated rings. The van der Waals surface area contributed by atoms with Gasteiger partial charge in [-0.25, -0.2) is 0 Å². The maximum absolute atomic E-state index is 10.5. The number of nitrogens with zero attached hydrogens (tertiary/aromatic N) is 4. The standard InChI is InChI=1S/C7H4BrIO3.4C7H18N.BO3/c8-12-6-4(7(10)11)2-1-3-5(6)9;4*1-5-8(4,6-2)7-3;2-1(3)4/h1-3H,(H,10,11);4*5-7H2,1-4H3;/q;4*+1;-3/p-1. The molecule has 0 spiro atoms. The molecule has 0 amide bonds. The SMILES string of the molecule is CC[N+](C)(CC)CC.CC[N+](C)(CC)CC.CC[N+](C)(CC)CC.CC[N+](C)(CC)CC.O=C([O-])c1cccc(I)c1OBr.[O-]B([O-])[O-]. The molecule has 0 radical (unpaired) electrons. The maximum atomic E-state index is 10.5. The van der Waals surface area contributed by atoms with Gasteiger partial charge in [0.15, 0.2) is 22.0 Å². The summed E-state index contributed by atoms with van der Waals surface area (Å²) in [5.74, 6) is -0.971. The summed E-state index contributed by atoms with van der Waals surface area (Å²) in [5, 5.41) is 35.8. The fraction of sp³-hybridized carbons (Fsp3) is 0.800. The molecule has 10 nitrogen and oxygen atoms in total. The summed E-state index contributed by atoms with van der Waals surface area (Å²) in [6.45, 7) is 42.0. The molecule has 48 heavy (non-hydrogen) atoms. The Kier molecular flexibility index (Phi) is 38.4. The van der Waals surface area contributed by atoms with Crippen molar-refractivity contribution in [2.75, 3.05) is 107 Å². The minimum Gasteiger partial charge on any atom is -0.907 e. The number of hydrogen-bond donors (Lipinski definition) is 0. The summed E-state index contributed by atoms with van der Waals surface area (Å²) in [6.07, 6.45) is 0. The molecule has 0 aliphatic heterocycles. The van der Waals surface area contributed by atoms with E-state index in [-0.39, 0.29) is 11.3 Å². The zero-order valence-electron chi connectivity index (χ0n) is 33.8. The van der Waals surface area contributed by atoms with E-state index in [1.807, 2.05) is 22.6 Å². The van der Waals surface area contributed by atoms with Gasteiger partial charge < -0.3 is 46.7 Å². The Balaban J connectivity index is -0.000000158. The largest absolute Gasteiger partial charge is 0.907 e. The Morgan fingerprint density at radius 1 is 0.604 bits per heavy atom. The van der Waals surface area contributed by atoms with E-state index in [1.165, 1.54) is 103 Å². The zero-order valence-corrected chi connectivity index (χ0v) is 37.5. The van der Waals surface area contributed by atoms with Gasteiger partial charge in [0.1, 0.15) is 0 Å². The second-order valence-electron chi connectivity index (χ2n) is 12.5. The van der Waals surface area contributed by atoms with Crippen LogP contribution in [0.3, 0.4) is 0 Å². The van der Waals surface area contributed by atoms with E-state index in [9.17, 15) is 9.90 Å². The van der Waals surface area contributed by atoms with Crippen molar-refractivity contribution < 1.29 is 46.7 Å². The lowest BCUT2D eigenvalue weighted by atomic mass is 10.2. The van der Waals surface area contributed by atoms with Gasteiger partial charge in [-0.3, -0.25) is 7.32 Å². The van der Waals surface area contributed by atoms with Gasteiger partial charge in [-0.1, -0.05) is 6.07 Å². The lowest BCUT2D eigenvalue weighted by Gasteiger charge is -2.35. The van der Waals surface area contributed by atoms with Crippen molar-refractivity contribution >= 4 is 52.1 Å². The van der Waals surface area contributed by atoms with Crippen LogP contribution in [0.15, 0.2) is 18.2 Å². The van der Waals surface area contributed by atoms with Crippen molar-refractivity contribution in [2.24, 2.45) is 0 Å². The Bertz CT molecular complexity index is 779. The van der Waals surface area contributed by atoms with Gasteiger partial charge in [-0.05, 0) is 118 Å². The number of aromatic carboxylic acids is 1. The van der Waals surface area contributed by atoms with Crippen LogP contribution < -0.4 is 24.0 Å². The fourth-order valence-electron chi connectivity index (χ4n) is 3.43. The molecule has 0 atom stereocenters. The average Bonchev–Trinajstić information content (AvgIpc) is 3.10. The van der Waals surface area contributed by atoms with Crippen LogP contribution in [0.1, 0.15) is 93.4 Å². The lowest BCUT2D eigenvalue weighted by molar-refractivity contribution is -0.904. The molecular formula is C35H75BBrIN4O6. The van der Waals surface area contributed by atoms with Crippen LogP contribution in [0.2, 0.25) is 0 Å². The molecule has 1 aromatic carbocycles. The number of carboxylic acid groups (broad SMARTS) is 1. The Hall–Kier alpha value is -0.515. The third kappa shape index (κ3) is 29.2. The van der Waals surface area contributed by atoms with Crippen LogP contribution in [-0.2, 0) is 0 Å². The molecule has 1 rings (SSSR count). The van der Waals surface area contributed by atoms with Crippen molar-refractivity contribution in [3.63, 3.8) is 0 Å². The molecule has 0 saturated carbocycles. The molecular weight excluding hydrogens is 790 g/mol. The summed E-state index contributed by atoms with van der Waals surface area (Å²) in [6, 6.07) is 4.79. The highest BCUT2D eigenvalue weighted by molar-refractivity contribution is 14.1. The molecule has 1 aromatic rings. The molecule has 13 heteroatoms. The highest BCUT2D eigenvalue weighted by Crippen LogP contribution is 2.26. The van der Waals surface area contributed by atoms with E-state index >= 15 is 0 Å². The number of rotatable bonds is 14. The molecule has 288 valence electrons. The topological polar surface area (TPSA) is 119 Å². The predicted molar refractivity (Wildman–Crippen MR) is 210 cm³/mol. The van der Waals surface area contributed by atoms with Crippen molar-refractivity contribution in [1.29, 1.82) is 0 Å². The number of hydrogen-bond acceptors (Lipinski definition) is 6. The number of carboxylic acids is 1. The number of benzene rings is 1. The van der Waals surface area contributed by atoms with Gasteiger partial charge >= 0.3 is 0 Å². The molecule has 0 aliphatic rings. The second kappa shape index (κ2) is 32.4. The van der Waals surface area contributed by atoms with E-state index in [4.69, 9.17) is 18.9 Å². The first-order valence-corrected chi connectivity index (χ1v) is 19.5. The number of carbonyl (C=O) groups excluding carboxylic acids is 1. The van der Waals surface area contributed by atoms with Gasteiger partial charge in [-0.2, -0.15) is 0 Å². The lowest BCUT2D eigenvalue weighted by Crippen LogP contribution is -2.56. The molecule has 0 unspecified atom stereocenters. The van der Waals surface area contributed by atoms with Gasteiger partial charge in [0, 0.05) is 5.56 Å². The second-order valence-corrected chi connectivity index (χ2v) is 14.0. The van der Waals surface area contributed by atoms with Crippen molar-refractivity contribution in [1.82, 2.24) is 0 Å². The predicted octanol–water partition coefficient (Wildman–Crippen LogP) is 3.37. The van der Waals surface area contributed by atoms with Gasteiger partial charge in [0.05, 0.1) is 116 Å². The molecule has 0 aliphatic carbocycles. The molecule has 0 heterocycles. The first kappa shape index (κ1) is 56.8. The van der Waals surface area contributed by atoms with Crippen LogP contribution in [0.25, 0.3) is 0 Å². The van der Waals surface area contributed by atoms with Gasteiger partial charge in [0.25, 0.3) is 0 Å². The Labute approximate surface area is 320 Å². The normalized spacial score (nSPS) is 10.9. The van der Waals surface area contributed by atoms with Crippen LogP contribution in [-0.4, -0.2) is 138 Å².